The van der Waals surface area contributed by atoms with E-state index in [0.29, 0.717) is 13.3 Å². The van der Waals surface area contributed by atoms with Crippen LogP contribution < -0.4 is 20.1 Å². The summed E-state index contributed by atoms with van der Waals surface area (Å²) in [5.41, 5.74) is 0.407. The summed E-state index contributed by atoms with van der Waals surface area (Å²) in [6.07, 6.45) is 2.26. The summed E-state index contributed by atoms with van der Waals surface area (Å²) in [6, 6.07) is 10.1. The number of hydrogen-bond donors (Lipinski definition) is 3. The van der Waals surface area contributed by atoms with Crippen molar-refractivity contribution in [3.63, 3.8) is 0 Å². The third kappa shape index (κ3) is 4.97. The van der Waals surface area contributed by atoms with E-state index in [1.165, 1.54) is 5.56 Å². The van der Waals surface area contributed by atoms with Crippen LogP contribution in [0.4, 0.5) is 0 Å². The Balaban J connectivity index is 0.00000240. The van der Waals surface area contributed by atoms with Crippen LogP contribution in [0.2, 0.25) is 0 Å². The third-order valence-electron chi connectivity index (χ3n) is 5.37. The number of aliphatic hydroxyl groups is 1. The van der Waals surface area contributed by atoms with Crippen molar-refractivity contribution in [3.05, 3.63) is 46.2 Å². The minimum absolute atomic E-state index is 0. The van der Waals surface area contributed by atoms with Gasteiger partial charge in [0.15, 0.2) is 17.5 Å². The average Bonchev–Trinajstić information content (AvgIpc) is 3.11. The molecule has 0 spiro atoms. The summed E-state index contributed by atoms with van der Waals surface area (Å²) >= 11 is 1.55. The Morgan fingerprint density at radius 1 is 1.24 bits per heavy atom. The van der Waals surface area contributed by atoms with Gasteiger partial charge in [-0.15, -0.1) is 35.3 Å². The number of ether oxygens (including phenoxy) is 2. The first-order valence-corrected chi connectivity index (χ1v) is 10.6. The van der Waals surface area contributed by atoms with Gasteiger partial charge in [-0.3, -0.25) is 0 Å². The molecule has 0 bridgehead atoms. The molecule has 0 saturated heterocycles. The van der Waals surface area contributed by atoms with E-state index in [0.717, 1.165) is 48.3 Å². The fraction of sp³-hybridized carbons (Fsp3) is 0.476. The van der Waals surface area contributed by atoms with Crippen molar-refractivity contribution in [2.75, 3.05) is 26.4 Å². The number of benzene rings is 1. The highest BCUT2D eigenvalue weighted by Crippen LogP contribution is 2.49. The molecule has 29 heavy (non-hydrogen) atoms. The molecule has 8 heteroatoms. The lowest BCUT2D eigenvalue weighted by Crippen LogP contribution is -2.42. The second-order valence-corrected chi connectivity index (χ2v) is 8.60. The molecule has 1 saturated carbocycles. The van der Waals surface area contributed by atoms with Gasteiger partial charge in [0, 0.05) is 23.4 Å². The van der Waals surface area contributed by atoms with Crippen molar-refractivity contribution in [3.8, 4) is 11.5 Å². The van der Waals surface area contributed by atoms with E-state index in [4.69, 9.17) is 9.47 Å². The summed E-state index contributed by atoms with van der Waals surface area (Å²) in [5, 5.41) is 19.4. The van der Waals surface area contributed by atoms with Gasteiger partial charge in [-0.2, -0.15) is 0 Å². The van der Waals surface area contributed by atoms with Crippen LogP contribution >= 0.6 is 35.3 Å². The fourth-order valence-corrected chi connectivity index (χ4v) is 4.21. The van der Waals surface area contributed by atoms with Crippen LogP contribution in [-0.2, 0) is 11.0 Å². The predicted octanol–water partition coefficient (Wildman–Crippen LogP) is 3.59. The summed E-state index contributed by atoms with van der Waals surface area (Å²) in [7, 11) is 0. The molecule has 1 unspecified atom stereocenters. The smallest absolute Gasteiger partial charge is 0.231 e. The van der Waals surface area contributed by atoms with E-state index in [9.17, 15) is 5.11 Å². The maximum absolute atomic E-state index is 10.7. The first-order chi connectivity index (χ1) is 13.5. The lowest BCUT2D eigenvalue weighted by molar-refractivity contribution is 0.0711. The molecule has 1 aromatic heterocycles. The number of thiophene rings is 1. The van der Waals surface area contributed by atoms with E-state index in [1.807, 2.05) is 30.5 Å². The second kappa shape index (κ2) is 9.09. The number of fused-ring (bicyclic) bond motifs is 1. The van der Waals surface area contributed by atoms with E-state index in [2.05, 4.69) is 27.8 Å². The Labute approximate surface area is 192 Å². The summed E-state index contributed by atoms with van der Waals surface area (Å²) in [5.74, 6) is 2.38. The summed E-state index contributed by atoms with van der Waals surface area (Å²) in [4.78, 5) is 5.55. The number of halogens is 1. The Morgan fingerprint density at radius 2 is 2.03 bits per heavy atom. The van der Waals surface area contributed by atoms with Gasteiger partial charge in [0.05, 0.1) is 6.54 Å². The summed E-state index contributed by atoms with van der Waals surface area (Å²) < 4.78 is 11.0. The molecule has 2 heterocycles. The zero-order valence-corrected chi connectivity index (χ0v) is 19.9. The van der Waals surface area contributed by atoms with Gasteiger partial charge in [-0.25, -0.2) is 4.99 Å². The minimum atomic E-state index is -0.967. The van der Waals surface area contributed by atoms with E-state index in [-0.39, 0.29) is 29.4 Å². The highest BCUT2D eigenvalue weighted by molar-refractivity contribution is 14.0. The van der Waals surface area contributed by atoms with Crippen LogP contribution in [0.3, 0.4) is 0 Å². The monoisotopic (exact) mass is 529 g/mol. The molecule has 158 valence electrons. The number of guanidine groups is 1. The highest BCUT2D eigenvalue weighted by atomic mass is 127. The topological polar surface area (TPSA) is 75.1 Å². The standard InChI is InChI=1S/C21H27N3O3S.HI/c1-3-22-19(23-12-20(2,25)18-5-4-10-28-18)24-13-21(8-9-21)15-6-7-16-17(11-15)27-14-26-16;/h4-7,10-11,25H,3,8-9,12-14H2,1-2H3,(H2,22,23,24);1H. The summed E-state index contributed by atoms with van der Waals surface area (Å²) in [6.45, 7) is 6.01. The zero-order chi connectivity index (χ0) is 19.6. The van der Waals surface area contributed by atoms with Crippen LogP contribution in [0.25, 0.3) is 0 Å². The van der Waals surface area contributed by atoms with Gasteiger partial charge in [-0.05, 0) is 55.8 Å². The van der Waals surface area contributed by atoms with Crippen LogP contribution in [0.15, 0.2) is 40.7 Å². The van der Waals surface area contributed by atoms with Crippen molar-refractivity contribution in [2.24, 2.45) is 4.99 Å². The van der Waals surface area contributed by atoms with Gasteiger partial charge in [0.2, 0.25) is 6.79 Å². The normalized spacial score (nSPS) is 18.5. The van der Waals surface area contributed by atoms with Crippen LogP contribution in [0.1, 0.15) is 37.1 Å². The molecule has 3 N–H and O–H groups in total. The SMILES string of the molecule is CCNC(=NCC(C)(O)c1cccs1)NCC1(c2ccc3c(c2)OCO3)CC1.I. The van der Waals surface area contributed by atoms with E-state index < -0.39 is 5.60 Å². The molecule has 0 radical (unpaired) electrons. The molecular formula is C21H28IN3O3S. The van der Waals surface area contributed by atoms with Crippen molar-refractivity contribution in [2.45, 2.75) is 37.7 Å². The molecule has 0 amide bonds. The van der Waals surface area contributed by atoms with E-state index >= 15 is 0 Å². The van der Waals surface area contributed by atoms with Crippen molar-refractivity contribution < 1.29 is 14.6 Å². The maximum Gasteiger partial charge on any atom is 0.231 e. The molecule has 1 aliphatic carbocycles. The lowest BCUT2D eigenvalue weighted by Gasteiger charge is -2.22. The van der Waals surface area contributed by atoms with Crippen molar-refractivity contribution in [1.82, 2.24) is 10.6 Å². The quantitative estimate of drug-likeness (QED) is 0.291. The Hall–Kier alpha value is -1.52. The molecule has 4 rings (SSSR count). The number of rotatable bonds is 7. The van der Waals surface area contributed by atoms with Crippen LogP contribution in [0, 0.1) is 0 Å². The average molecular weight is 529 g/mol. The van der Waals surface area contributed by atoms with Crippen LogP contribution in [-0.4, -0.2) is 37.5 Å². The molecule has 1 aliphatic heterocycles. The Morgan fingerprint density at radius 3 is 2.72 bits per heavy atom. The Bertz CT molecular complexity index is 851. The predicted molar refractivity (Wildman–Crippen MR) is 127 cm³/mol. The van der Waals surface area contributed by atoms with Crippen LogP contribution in [0.5, 0.6) is 11.5 Å². The fourth-order valence-electron chi connectivity index (χ4n) is 3.44. The van der Waals surface area contributed by atoms with Gasteiger partial charge in [0.1, 0.15) is 5.60 Å². The largest absolute Gasteiger partial charge is 0.454 e. The molecule has 1 atom stereocenters. The van der Waals surface area contributed by atoms with E-state index in [1.54, 1.807) is 18.3 Å². The molecule has 2 aromatic rings. The number of aliphatic imine (C=N–C) groups is 1. The van der Waals surface area contributed by atoms with Gasteiger partial charge < -0.3 is 25.2 Å². The lowest BCUT2D eigenvalue weighted by atomic mass is 9.95. The third-order valence-corrected chi connectivity index (χ3v) is 6.50. The molecule has 1 aromatic carbocycles. The maximum atomic E-state index is 10.7. The van der Waals surface area contributed by atoms with Gasteiger partial charge in [0.25, 0.3) is 0 Å². The van der Waals surface area contributed by atoms with Gasteiger partial charge in [-0.1, -0.05) is 12.1 Å². The number of hydrogen-bond acceptors (Lipinski definition) is 5. The van der Waals surface area contributed by atoms with Crippen molar-refractivity contribution >= 4 is 41.3 Å². The second-order valence-electron chi connectivity index (χ2n) is 7.65. The first kappa shape index (κ1) is 22.2. The Kier molecular flexibility index (Phi) is 6.95. The minimum Gasteiger partial charge on any atom is -0.454 e. The highest BCUT2D eigenvalue weighted by Gasteiger charge is 2.44. The zero-order valence-electron chi connectivity index (χ0n) is 16.7. The molecule has 6 nitrogen and oxygen atoms in total. The molecular weight excluding hydrogens is 501 g/mol. The number of nitrogens with one attached hydrogen (secondary N) is 2. The number of nitrogens with zero attached hydrogens (tertiary/aromatic N) is 1. The first-order valence-electron chi connectivity index (χ1n) is 9.71. The van der Waals surface area contributed by atoms with Gasteiger partial charge >= 0.3 is 0 Å². The van der Waals surface area contributed by atoms with Crippen molar-refractivity contribution in [1.29, 1.82) is 0 Å². The molecule has 1 fully saturated rings. The molecule has 2 aliphatic rings.